The molecule has 12 N–H and O–H groups in total. The van der Waals surface area contributed by atoms with Crippen LogP contribution >= 0.6 is 47.8 Å². The Morgan fingerprint density at radius 1 is 0.397 bits per heavy atom. The molecule has 0 aliphatic carbocycles. The second-order valence-corrected chi connectivity index (χ2v) is 25.4. The molecular weight excluding hydrogens is 1150 g/mol. The minimum atomic E-state index is -1.76. The van der Waals surface area contributed by atoms with E-state index < -0.39 is 121 Å². The average molecular weight is 1230 g/mol. The largest absolute Gasteiger partial charge is 0.481 e. The molecule has 1 aliphatic rings. The Morgan fingerprint density at radius 2 is 0.616 bits per heavy atom. The van der Waals surface area contributed by atoms with Crippen LogP contribution in [0.5, 0.6) is 0 Å². The fraction of sp³-hybridized carbons (Fsp3) is 0.739. The summed E-state index contributed by atoms with van der Waals surface area (Å²) in [6, 6.07) is -11.2. The van der Waals surface area contributed by atoms with Crippen LogP contribution in [-0.4, -0.2) is 157 Å². The van der Waals surface area contributed by atoms with Crippen molar-refractivity contribution >= 4 is 119 Å². The van der Waals surface area contributed by atoms with Crippen LogP contribution in [0.3, 0.4) is 0 Å². The number of amides is 11. The summed E-state index contributed by atoms with van der Waals surface area (Å²) in [7, 11) is 0. The van der Waals surface area contributed by atoms with E-state index >= 15 is 0 Å². The number of alkyl halides is 3. The lowest BCUT2D eigenvalue weighted by atomic mass is 10.1. The number of carbonyl (C=O) groups excluding carboxylic acids is 11. The number of rotatable bonds is 20. The number of carboxylic acids is 1. The predicted octanol–water partition coefficient (Wildman–Crippen LogP) is -0.187. The van der Waals surface area contributed by atoms with E-state index in [0.717, 1.165) is 0 Å². The summed E-state index contributed by atoms with van der Waals surface area (Å²) in [6.45, 7) is 15.8. The molecular formula is C46H76Br3N11O13. The van der Waals surface area contributed by atoms with Gasteiger partial charge in [-0.25, -0.2) is 0 Å². The summed E-state index contributed by atoms with van der Waals surface area (Å²) in [4.78, 5) is 159. The van der Waals surface area contributed by atoms with Crippen LogP contribution in [0.1, 0.15) is 133 Å². The van der Waals surface area contributed by atoms with E-state index in [1.807, 2.05) is 0 Å². The van der Waals surface area contributed by atoms with Gasteiger partial charge in [-0.05, 0) is 127 Å². The third-order valence-electron chi connectivity index (χ3n) is 11.2. The Morgan fingerprint density at radius 3 is 0.836 bits per heavy atom. The van der Waals surface area contributed by atoms with Crippen LogP contribution in [0.4, 0.5) is 0 Å². The highest BCUT2D eigenvalue weighted by Crippen LogP contribution is 2.17. The number of unbranched alkanes of at least 4 members (excludes halogenated alkanes) is 3. The molecule has 1 saturated heterocycles. The number of carboxylic acid groups (broad SMARTS) is 1. The van der Waals surface area contributed by atoms with Crippen LogP contribution in [0.2, 0.25) is 0 Å². The number of halogens is 3. The number of hydrogen-bond acceptors (Lipinski definition) is 12. The average Bonchev–Trinajstić information content (AvgIpc) is 3.27. The maximum Gasteiger partial charge on any atom is 0.305 e. The molecule has 1 heterocycles. The first-order valence-electron chi connectivity index (χ1n) is 24.2. The summed E-state index contributed by atoms with van der Waals surface area (Å²) in [5, 5.41) is 37.8. The number of carbonyl (C=O) groups is 12. The molecule has 0 radical (unpaired) electrons. The van der Waals surface area contributed by atoms with Crippen molar-refractivity contribution in [2.75, 3.05) is 19.6 Å². The molecule has 0 bridgehead atoms. The summed E-state index contributed by atoms with van der Waals surface area (Å²) < 4.78 is -2.53. The first kappa shape index (κ1) is 66.1. The van der Waals surface area contributed by atoms with Crippen molar-refractivity contribution in [1.29, 1.82) is 0 Å². The Labute approximate surface area is 452 Å². The van der Waals surface area contributed by atoms with E-state index in [1.165, 1.54) is 27.7 Å². The van der Waals surface area contributed by atoms with Crippen molar-refractivity contribution in [3.63, 3.8) is 0 Å². The molecule has 0 unspecified atom stereocenters. The van der Waals surface area contributed by atoms with E-state index in [-0.39, 0.29) is 75.9 Å². The smallest absolute Gasteiger partial charge is 0.305 e. The molecule has 73 heavy (non-hydrogen) atoms. The lowest BCUT2D eigenvalue weighted by Crippen LogP contribution is -2.60. The van der Waals surface area contributed by atoms with E-state index in [1.54, 1.807) is 41.5 Å². The van der Waals surface area contributed by atoms with Gasteiger partial charge in [0.25, 0.3) is 0 Å². The first-order valence-corrected chi connectivity index (χ1v) is 26.6. The molecule has 11 amide bonds. The first-order chi connectivity index (χ1) is 33.6. The molecule has 0 aromatic heterocycles. The molecule has 27 heteroatoms. The van der Waals surface area contributed by atoms with Gasteiger partial charge < -0.3 is 63.6 Å². The zero-order valence-electron chi connectivity index (χ0n) is 43.3. The van der Waals surface area contributed by atoms with Crippen molar-refractivity contribution in [3.8, 4) is 0 Å². The zero-order valence-corrected chi connectivity index (χ0v) is 48.0. The van der Waals surface area contributed by atoms with Crippen LogP contribution in [0.25, 0.3) is 0 Å². The van der Waals surface area contributed by atoms with Crippen LogP contribution < -0.4 is 58.5 Å². The van der Waals surface area contributed by atoms with E-state index in [2.05, 4.69) is 106 Å². The van der Waals surface area contributed by atoms with Gasteiger partial charge >= 0.3 is 5.97 Å². The van der Waals surface area contributed by atoms with Gasteiger partial charge in [0.1, 0.15) is 48.3 Å². The number of nitrogens with one attached hydrogen (secondary N) is 11. The summed E-state index contributed by atoms with van der Waals surface area (Å²) in [6.07, 6.45) is 0.924. The minimum Gasteiger partial charge on any atom is -0.481 e. The molecule has 1 aliphatic heterocycles. The molecule has 24 nitrogen and oxygen atoms in total. The van der Waals surface area contributed by atoms with E-state index in [0.29, 0.717) is 19.3 Å². The molecule has 0 aromatic rings. The van der Waals surface area contributed by atoms with Gasteiger partial charge in [-0.2, -0.15) is 0 Å². The van der Waals surface area contributed by atoms with Crippen LogP contribution in [0, 0.1) is 0 Å². The quantitative estimate of drug-likeness (QED) is 0.0557. The monoisotopic (exact) mass is 1230 g/mol. The van der Waals surface area contributed by atoms with Gasteiger partial charge in [0.2, 0.25) is 65.0 Å². The van der Waals surface area contributed by atoms with Crippen molar-refractivity contribution < 1.29 is 62.6 Å². The highest BCUT2D eigenvalue weighted by molar-refractivity contribution is 9.10. The fourth-order valence-electron chi connectivity index (χ4n) is 6.55. The van der Waals surface area contributed by atoms with Gasteiger partial charge in [-0.15, -0.1) is 0 Å². The van der Waals surface area contributed by atoms with Crippen molar-refractivity contribution in [3.05, 3.63) is 0 Å². The second kappa shape index (κ2) is 31.1. The summed E-state index contributed by atoms with van der Waals surface area (Å²) in [5.41, 5.74) is 0. The maximum atomic E-state index is 13.9. The summed E-state index contributed by atoms with van der Waals surface area (Å²) in [5.74, 6) is -9.52. The normalized spacial score (nSPS) is 23.8. The molecule has 0 saturated carbocycles. The Balaban J connectivity index is 3.65. The minimum absolute atomic E-state index is 0.00630. The van der Waals surface area contributed by atoms with Crippen molar-refractivity contribution in [2.45, 2.75) is 195 Å². The third-order valence-corrected chi connectivity index (χ3v) is 12.2. The van der Waals surface area contributed by atoms with Crippen molar-refractivity contribution in [2.24, 2.45) is 0 Å². The van der Waals surface area contributed by atoms with E-state index in [4.69, 9.17) is 0 Å². The zero-order chi connectivity index (χ0) is 56.0. The van der Waals surface area contributed by atoms with Gasteiger partial charge in [0.05, 0.1) is 19.4 Å². The summed E-state index contributed by atoms with van der Waals surface area (Å²) >= 11 is 9.86. The number of aliphatic carboxylic acids is 1. The van der Waals surface area contributed by atoms with E-state index in [9.17, 15) is 62.6 Å². The molecule has 1 fully saturated rings. The highest BCUT2D eigenvalue weighted by atomic mass is 79.9. The molecule has 8 atom stereocenters. The number of hydrogen-bond donors (Lipinski definition) is 12. The molecule has 0 aromatic carbocycles. The van der Waals surface area contributed by atoms with Gasteiger partial charge in [0.15, 0.2) is 0 Å². The van der Waals surface area contributed by atoms with Crippen LogP contribution in [-0.2, 0) is 57.5 Å². The van der Waals surface area contributed by atoms with Gasteiger partial charge in [0, 0.05) is 19.6 Å². The van der Waals surface area contributed by atoms with Gasteiger partial charge in [-0.3, -0.25) is 57.5 Å². The molecule has 0 spiro atoms. The lowest BCUT2D eigenvalue weighted by molar-refractivity contribution is -0.141. The van der Waals surface area contributed by atoms with Crippen molar-refractivity contribution in [1.82, 2.24) is 58.5 Å². The Hall–Kier alpha value is -4.92. The maximum absolute atomic E-state index is 13.9. The van der Waals surface area contributed by atoms with Gasteiger partial charge in [-0.1, -0.05) is 47.8 Å². The highest BCUT2D eigenvalue weighted by Gasteiger charge is 2.34. The topological polar surface area (TPSA) is 357 Å². The lowest BCUT2D eigenvalue weighted by Gasteiger charge is -2.27. The second-order valence-electron chi connectivity index (χ2n) is 19.4. The fourth-order valence-corrected chi connectivity index (χ4v) is 6.97. The SMILES string of the molecule is C[C@@H]1NC(=O)[C@@H](CCCCNC(=O)C(C)(C)Br)NC(=O)[C@H](C)NC(=O)[C@@H](CCCCNC(=O)C(C)(C)Br)NC(=O)[C@H](C)NC(=O)[C@@H](CC(=O)O)NC(=O)[C@H](C)NC(=O)[C@@H](CCCCNC(=O)C(C)(C)Br)NC1=O. The third kappa shape index (κ3) is 25.7. The Bertz CT molecular complexity index is 1960. The predicted molar refractivity (Wildman–Crippen MR) is 280 cm³/mol. The Kier molecular flexibility index (Phi) is 28.1. The molecule has 414 valence electrons. The molecule has 1 rings (SSSR count). The standard InChI is InChI=1S/C46H76Br3N11O13/c1-24-33(63)57-28(17-11-14-20-50-41(71)44(5,6)47)37(67)53-25(2)34(64)58-30(19-13-16-22-52-43(73)46(9,10)49)39(69)55-27(4)36(66)60-31(23-32(61)62)40(70)56-26(3)35(65)59-29(38(68)54-24)18-12-15-21-51-42(72)45(7,8)48/h24-31H,11-23H2,1-10H3,(H,50,71)(H,51,72)(H,52,73)(H,53,67)(H,54,68)(H,55,69)(H,56,70)(H,57,63)(H,58,64)(H,59,65)(H,60,66)(H,61,62)/t24-,25-,26-,27-,28+,29+,30+,31+/m0/s1. The van der Waals surface area contributed by atoms with Crippen LogP contribution in [0.15, 0.2) is 0 Å².